The zero-order valence-electron chi connectivity index (χ0n) is 13.5. The first-order valence-corrected chi connectivity index (χ1v) is 7.80. The summed E-state index contributed by atoms with van der Waals surface area (Å²) in [6.45, 7) is 3.72. The molecule has 0 aliphatic carbocycles. The number of nitro groups is 1. The fraction of sp³-hybridized carbons (Fsp3) is 0.562. The van der Waals surface area contributed by atoms with E-state index in [9.17, 15) is 14.9 Å². The quantitative estimate of drug-likeness (QED) is 0.610. The number of nitrogens with zero attached hydrogens (tertiary/aromatic N) is 2. The van der Waals surface area contributed by atoms with Crippen LogP contribution < -0.4 is 5.32 Å². The molecule has 1 heterocycles. The monoisotopic (exact) mass is 321 g/mol. The highest BCUT2D eigenvalue weighted by Gasteiger charge is 2.21. The topological polar surface area (TPSA) is 84.7 Å². The van der Waals surface area contributed by atoms with Gasteiger partial charge >= 0.3 is 0 Å². The summed E-state index contributed by atoms with van der Waals surface area (Å²) in [4.78, 5) is 24.3. The van der Waals surface area contributed by atoms with E-state index in [1.807, 2.05) is 18.9 Å². The molecule has 0 radical (unpaired) electrons. The summed E-state index contributed by atoms with van der Waals surface area (Å²) in [6, 6.07) is 6.10. The summed E-state index contributed by atoms with van der Waals surface area (Å²) in [7, 11) is 1.86. The molecule has 0 bridgehead atoms. The summed E-state index contributed by atoms with van der Waals surface area (Å²) in [5.41, 5.74) is 0.996. The molecule has 1 aliphatic heterocycles. The minimum atomic E-state index is -0.422. The Kier molecular flexibility index (Phi) is 6.06. The maximum Gasteiger partial charge on any atom is 0.269 e. The summed E-state index contributed by atoms with van der Waals surface area (Å²) in [6.07, 6.45) is 2.18. The number of hydrogen-bond donors (Lipinski definition) is 1. The van der Waals surface area contributed by atoms with Gasteiger partial charge < -0.3 is 10.1 Å². The zero-order chi connectivity index (χ0) is 16.8. The van der Waals surface area contributed by atoms with E-state index in [0.29, 0.717) is 13.1 Å². The summed E-state index contributed by atoms with van der Waals surface area (Å²) >= 11 is 0. The molecule has 0 aromatic heterocycles. The number of carbonyl (C=O) groups is 1. The van der Waals surface area contributed by atoms with Gasteiger partial charge in [0, 0.05) is 31.8 Å². The molecule has 1 aromatic carbocycles. The predicted octanol–water partition coefficient (Wildman–Crippen LogP) is 1.71. The second kappa shape index (κ2) is 8.03. The van der Waals surface area contributed by atoms with Gasteiger partial charge in [-0.2, -0.15) is 0 Å². The largest absolute Gasteiger partial charge is 0.376 e. The molecule has 2 unspecified atom stereocenters. The number of carbonyl (C=O) groups excluding carboxylic acids is 1. The summed E-state index contributed by atoms with van der Waals surface area (Å²) in [5, 5.41) is 13.6. The number of non-ortho nitro benzene ring substituents is 1. The van der Waals surface area contributed by atoms with Gasteiger partial charge in [-0.1, -0.05) is 12.1 Å². The molecular formula is C16H23N3O4. The lowest BCUT2D eigenvalue weighted by Crippen LogP contribution is -2.45. The molecule has 1 fully saturated rings. The molecule has 1 aromatic rings. The van der Waals surface area contributed by atoms with Crippen molar-refractivity contribution in [3.8, 4) is 0 Å². The molecule has 1 amide bonds. The van der Waals surface area contributed by atoms with Crippen molar-refractivity contribution in [3.05, 3.63) is 39.9 Å². The zero-order valence-corrected chi connectivity index (χ0v) is 13.5. The number of nitrogens with one attached hydrogen (secondary N) is 1. The highest BCUT2D eigenvalue weighted by atomic mass is 16.6. The number of likely N-dealkylation sites (N-methyl/N-ethyl adjacent to an activating group) is 1. The first kappa shape index (κ1) is 17.4. The fourth-order valence-electron chi connectivity index (χ4n) is 2.52. The minimum absolute atomic E-state index is 0.0371. The molecule has 7 heteroatoms. The van der Waals surface area contributed by atoms with E-state index >= 15 is 0 Å². The van der Waals surface area contributed by atoms with E-state index in [0.717, 1.165) is 25.0 Å². The van der Waals surface area contributed by atoms with Crippen molar-refractivity contribution in [1.29, 1.82) is 0 Å². The average molecular weight is 321 g/mol. The van der Waals surface area contributed by atoms with Crippen molar-refractivity contribution < 1.29 is 14.5 Å². The van der Waals surface area contributed by atoms with Crippen LogP contribution in [0.25, 0.3) is 0 Å². The molecule has 2 atom stereocenters. The van der Waals surface area contributed by atoms with Crippen LogP contribution in [0.15, 0.2) is 24.3 Å². The van der Waals surface area contributed by atoms with Crippen molar-refractivity contribution in [2.24, 2.45) is 0 Å². The Hall–Kier alpha value is -1.99. The second-order valence-corrected chi connectivity index (χ2v) is 5.89. The number of hydrogen-bond acceptors (Lipinski definition) is 5. The Morgan fingerprint density at radius 3 is 2.74 bits per heavy atom. The third kappa shape index (κ3) is 5.01. The molecule has 0 spiro atoms. The lowest BCUT2D eigenvalue weighted by atomic mass is 10.1. The summed E-state index contributed by atoms with van der Waals surface area (Å²) < 4.78 is 5.49. The first-order valence-electron chi connectivity index (χ1n) is 7.80. The van der Waals surface area contributed by atoms with Gasteiger partial charge in [-0.15, -0.1) is 0 Å². The molecule has 126 valence electrons. The van der Waals surface area contributed by atoms with Gasteiger partial charge in [0.1, 0.15) is 0 Å². The van der Waals surface area contributed by atoms with Crippen molar-refractivity contribution in [1.82, 2.24) is 10.2 Å². The molecule has 7 nitrogen and oxygen atoms in total. The number of nitro benzene ring substituents is 1. The Morgan fingerprint density at radius 2 is 2.17 bits per heavy atom. The van der Waals surface area contributed by atoms with E-state index in [-0.39, 0.29) is 23.7 Å². The van der Waals surface area contributed by atoms with Gasteiger partial charge in [-0.3, -0.25) is 19.8 Å². The molecule has 0 saturated carbocycles. The highest BCUT2D eigenvalue weighted by molar-refractivity contribution is 5.81. The van der Waals surface area contributed by atoms with Crippen LogP contribution in [-0.2, 0) is 16.1 Å². The predicted molar refractivity (Wildman–Crippen MR) is 86.0 cm³/mol. The van der Waals surface area contributed by atoms with Crippen molar-refractivity contribution in [2.75, 3.05) is 20.2 Å². The Morgan fingerprint density at radius 1 is 1.48 bits per heavy atom. The Labute approximate surface area is 135 Å². The normalized spacial score (nSPS) is 18.8. The van der Waals surface area contributed by atoms with Crippen LogP contribution in [-0.4, -0.2) is 48.1 Å². The minimum Gasteiger partial charge on any atom is -0.376 e. The number of amides is 1. The number of rotatable bonds is 7. The van der Waals surface area contributed by atoms with Gasteiger partial charge in [-0.05, 0) is 32.4 Å². The molecule has 1 N–H and O–H groups in total. The van der Waals surface area contributed by atoms with Crippen LogP contribution >= 0.6 is 0 Å². The average Bonchev–Trinajstić information content (AvgIpc) is 3.05. The maximum atomic E-state index is 12.2. The van der Waals surface area contributed by atoms with Crippen molar-refractivity contribution in [3.63, 3.8) is 0 Å². The van der Waals surface area contributed by atoms with Crippen LogP contribution in [0, 0.1) is 10.1 Å². The third-order valence-corrected chi connectivity index (χ3v) is 4.15. The van der Waals surface area contributed by atoms with Gasteiger partial charge in [0.2, 0.25) is 5.91 Å². The van der Waals surface area contributed by atoms with E-state index in [1.54, 1.807) is 12.1 Å². The van der Waals surface area contributed by atoms with Crippen LogP contribution in [0.5, 0.6) is 0 Å². The molecule has 1 aliphatic rings. The Balaban J connectivity index is 1.82. The smallest absolute Gasteiger partial charge is 0.269 e. The van der Waals surface area contributed by atoms with E-state index in [1.165, 1.54) is 12.1 Å². The van der Waals surface area contributed by atoms with E-state index < -0.39 is 4.92 Å². The standard InChI is InChI=1S/C16H23N3O4/c1-12(16(20)17-10-15-4-3-9-23-15)18(2)11-13-5-7-14(8-6-13)19(21)22/h5-8,12,15H,3-4,9-11H2,1-2H3,(H,17,20). The lowest BCUT2D eigenvalue weighted by molar-refractivity contribution is -0.384. The van der Waals surface area contributed by atoms with E-state index in [2.05, 4.69) is 5.32 Å². The van der Waals surface area contributed by atoms with Gasteiger partial charge in [-0.25, -0.2) is 0 Å². The van der Waals surface area contributed by atoms with Crippen LogP contribution in [0.3, 0.4) is 0 Å². The third-order valence-electron chi connectivity index (χ3n) is 4.15. The maximum absolute atomic E-state index is 12.2. The summed E-state index contributed by atoms with van der Waals surface area (Å²) in [5.74, 6) is -0.0371. The van der Waals surface area contributed by atoms with Crippen molar-refractivity contribution in [2.45, 2.75) is 38.5 Å². The molecule has 2 rings (SSSR count). The van der Waals surface area contributed by atoms with E-state index in [4.69, 9.17) is 4.74 Å². The van der Waals surface area contributed by atoms with Gasteiger partial charge in [0.25, 0.3) is 5.69 Å². The second-order valence-electron chi connectivity index (χ2n) is 5.89. The molecular weight excluding hydrogens is 298 g/mol. The van der Waals surface area contributed by atoms with Gasteiger partial charge in [0.05, 0.1) is 17.1 Å². The molecule has 1 saturated heterocycles. The van der Waals surface area contributed by atoms with Crippen LogP contribution in [0.4, 0.5) is 5.69 Å². The molecule has 23 heavy (non-hydrogen) atoms. The highest BCUT2D eigenvalue weighted by Crippen LogP contribution is 2.14. The SMILES string of the molecule is CC(C(=O)NCC1CCCO1)N(C)Cc1ccc([N+](=O)[O-])cc1. The van der Waals surface area contributed by atoms with Gasteiger partial charge in [0.15, 0.2) is 0 Å². The number of benzene rings is 1. The van der Waals surface area contributed by atoms with Crippen LogP contribution in [0.1, 0.15) is 25.3 Å². The van der Waals surface area contributed by atoms with Crippen molar-refractivity contribution >= 4 is 11.6 Å². The van der Waals surface area contributed by atoms with Crippen LogP contribution in [0.2, 0.25) is 0 Å². The fourth-order valence-corrected chi connectivity index (χ4v) is 2.52. The number of ether oxygens (including phenoxy) is 1. The first-order chi connectivity index (χ1) is 11.0. The Bertz CT molecular complexity index is 541. The lowest BCUT2D eigenvalue weighted by Gasteiger charge is -2.24.